The molecule has 1 aliphatic carbocycles. The second-order valence-electron chi connectivity index (χ2n) is 10.4. The van der Waals surface area contributed by atoms with Crippen molar-refractivity contribution in [2.45, 2.75) is 84.0 Å². The molecule has 35 heavy (non-hydrogen) atoms. The first-order chi connectivity index (χ1) is 16.7. The summed E-state index contributed by atoms with van der Waals surface area (Å²) in [6.07, 6.45) is 4.85. The normalized spacial score (nSPS) is 18.3. The molecule has 3 rings (SSSR count). The molecule has 2 aromatic rings. The van der Waals surface area contributed by atoms with Gasteiger partial charge in [0, 0.05) is 11.9 Å². The van der Waals surface area contributed by atoms with Crippen molar-refractivity contribution < 1.29 is 24.2 Å². The predicted molar refractivity (Wildman–Crippen MR) is 137 cm³/mol. The van der Waals surface area contributed by atoms with E-state index in [9.17, 15) is 19.8 Å². The average Bonchev–Trinajstić information content (AvgIpc) is 3.27. The second-order valence-corrected chi connectivity index (χ2v) is 10.8. The maximum atomic E-state index is 13.0. The van der Waals surface area contributed by atoms with Gasteiger partial charge in [-0.3, -0.25) is 9.59 Å². The topological polar surface area (TPSA) is 112 Å². The van der Waals surface area contributed by atoms with Gasteiger partial charge in [-0.15, -0.1) is 0 Å². The largest absolute Gasteiger partial charge is 0.449 e. The summed E-state index contributed by atoms with van der Waals surface area (Å²) < 4.78 is 5.59. The number of carbonyl (C=O) groups is 2. The van der Waals surface area contributed by atoms with Crippen molar-refractivity contribution in [1.29, 1.82) is 0 Å². The fourth-order valence-electron chi connectivity index (χ4n) is 4.85. The van der Waals surface area contributed by atoms with Crippen molar-refractivity contribution in [1.82, 2.24) is 10.6 Å². The van der Waals surface area contributed by atoms with Crippen LogP contribution in [-0.2, 0) is 4.79 Å². The molecule has 1 heterocycles. The third-order valence-electron chi connectivity index (χ3n) is 6.90. The molecule has 1 saturated carbocycles. The Bertz CT molecular complexity index is 985. The molecule has 1 aromatic heterocycles. The van der Waals surface area contributed by atoms with Gasteiger partial charge in [0.1, 0.15) is 6.10 Å². The van der Waals surface area contributed by atoms with E-state index in [1.165, 1.54) is 6.42 Å². The number of para-hydroxylation sites is 1. The van der Waals surface area contributed by atoms with Crippen molar-refractivity contribution in [3.63, 3.8) is 0 Å². The average molecular weight is 507 g/mol. The van der Waals surface area contributed by atoms with Crippen LogP contribution in [0.2, 0.25) is 5.02 Å². The number of amides is 2. The van der Waals surface area contributed by atoms with Crippen LogP contribution in [0.5, 0.6) is 0 Å². The first kappa shape index (κ1) is 27.5. The Morgan fingerprint density at radius 1 is 1.14 bits per heavy atom. The number of furan rings is 1. The van der Waals surface area contributed by atoms with Gasteiger partial charge in [0.15, 0.2) is 11.3 Å². The summed E-state index contributed by atoms with van der Waals surface area (Å²) in [6.45, 7) is 5.81. The summed E-state index contributed by atoms with van der Waals surface area (Å²) in [5.41, 5.74) is 0.449. The minimum Gasteiger partial charge on any atom is -0.449 e. The molecule has 0 aliphatic heterocycles. The number of hydrogen-bond acceptors (Lipinski definition) is 5. The lowest BCUT2D eigenvalue weighted by atomic mass is 9.82. The van der Waals surface area contributed by atoms with E-state index in [2.05, 4.69) is 10.6 Å². The zero-order valence-electron chi connectivity index (χ0n) is 20.9. The monoisotopic (exact) mass is 506 g/mol. The van der Waals surface area contributed by atoms with E-state index in [0.29, 0.717) is 29.4 Å². The SMILES string of the molecule is CC(C)C[C@H](O)[C@H](O)[C@H](CC1CCCCC1)NC(=O)[C@H](C)CNC(=O)c1cc2cccc(Cl)c2o1. The number of benzene rings is 1. The number of rotatable bonds is 11. The van der Waals surface area contributed by atoms with Crippen LogP contribution in [0, 0.1) is 17.8 Å². The molecular formula is C27H39ClN2O5. The molecule has 0 bridgehead atoms. The molecule has 4 N–H and O–H groups in total. The van der Waals surface area contributed by atoms with E-state index in [0.717, 1.165) is 31.1 Å². The quantitative estimate of drug-likeness (QED) is 0.353. The molecular weight excluding hydrogens is 468 g/mol. The molecule has 7 nitrogen and oxygen atoms in total. The number of fused-ring (bicyclic) bond motifs is 1. The van der Waals surface area contributed by atoms with Crippen LogP contribution >= 0.6 is 11.6 Å². The number of halogens is 1. The highest BCUT2D eigenvalue weighted by molar-refractivity contribution is 6.34. The lowest BCUT2D eigenvalue weighted by molar-refractivity contribution is -0.127. The van der Waals surface area contributed by atoms with Gasteiger partial charge in [-0.2, -0.15) is 0 Å². The van der Waals surface area contributed by atoms with Crippen LogP contribution in [0.15, 0.2) is 28.7 Å². The van der Waals surface area contributed by atoms with Gasteiger partial charge in [0.25, 0.3) is 5.91 Å². The summed E-state index contributed by atoms with van der Waals surface area (Å²) in [4.78, 5) is 25.6. The van der Waals surface area contributed by atoms with Crippen molar-refractivity contribution in [2.75, 3.05) is 6.54 Å². The highest BCUT2D eigenvalue weighted by atomic mass is 35.5. The summed E-state index contributed by atoms with van der Waals surface area (Å²) in [5, 5.41) is 28.3. The maximum Gasteiger partial charge on any atom is 0.287 e. The van der Waals surface area contributed by atoms with Crippen LogP contribution in [0.4, 0.5) is 0 Å². The van der Waals surface area contributed by atoms with Crippen LogP contribution in [0.3, 0.4) is 0 Å². The highest BCUT2D eigenvalue weighted by Gasteiger charge is 2.32. The molecule has 2 amide bonds. The minimum atomic E-state index is -1.04. The first-order valence-corrected chi connectivity index (χ1v) is 13.2. The van der Waals surface area contributed by atoms with Crippen molar-refractivity contribution in [3.8, 4) is 0 Å². The lowest BCUT2D eigenvalue weighted by Gasteiger charge is -2.33. The summed E-state index contributed by atoms with van der Waals surface area (Å²) in [6, 6.07) is 6.37. The Morgan fingerprint density at radius 2 is 1.86 bits per heavy atom. The minimum absolute atomic E-state index is 0.107. The molecule has 0 radical (unpaired) electrons. The van der Waals surface area contributed by atoms with Crippen LogP contribution < -0.4 is 10.6 Å². The van der Waals surface area contributed by atoms with Gasteiger partial charge >= 0.3 is 0 Å². The van der Waals surface area contributed by atoms with Gasteiger partial charge in [-0.1, -0.05) is 76.6 Å². The zero-order chi connectivity index (χ0) is 25.5. The van der Waals surface area contributed by atoms with Gasteiger partial charge in [-0.05, 0) is 36.8 Å². The predicted octanol–water partition coefficient (Wildman–Crippen LogP) is 4.68. The molecule has 0 spiro atoms. The van der Waals surface area contributed by atoms with E-state index in [4.69, 9.17) is 16.0 Å². The maximum absolute atomic E-state index is 13.0. The van der Waals surface area contributed by atoms with Gasteiger partial charge < -0.3 is 25.3 Å². The number of aliphatic hydroxyl groups excluding tert-OH is 2. The molecule has 0 saturated heterocycles. The van der Waals surface area contributed by atoms with Gasteiger partial charge in [0.05, 0.1) is 23.1 Å². The lowest BCUT2D eigenvalue weighted by Crippen LogP contribution is -2.52. The molecule has 1 aromatic carbocycles. The highest BCUT2D eigenvalue weighted by Crippen LogP contribution is 2.29. The standard InChI is InChI=1S/C27H39ClN2O5/c1-16(2)12-22(31)24(32)21(13-18-8-5-4-6-9-18)30-26(33)17(3)15-29-27(34)23-14-19-10-7-11-20(28)25(19)35-23/h7,10-11,14,16-18,21-22,24,31-32H,4-6,8-9,12-13,15H2,1-3H3,(H,29,34)(H,30,33)/t17-,21+,22+,24-/m1/s1. The van der Waals surface area contributed by atoms with Crippen LogP contribution in [-0.4, -0.2) is 46.8 Å². The third kappa shape index (κ3) is 7.69. The number of aliphatic hydroxyl groups is 2. The van der Waals surface area contributed by atoms with E-state index in [1.807, 2.05) is 19.9 Å². The number of nitrogens with one attached hydrogen (secondary N) is 2. The molecule has 4 atom stereocenters. The molecule has 194 valence electrons. The fraction of sp³-hybridized carbons (Fsp3) is 0.630. The second kappa shape index (κ2) is 12.7. The van der Waals surface area contributed by atoms with Gasteiger partial charge in [-0.25, -0.2) is 0 Å². The van der Waals surface area contributed by atoms with Gasteiger partial charge in [0.2, 0.25) is 5.91 Å². The Balaban J connectivity index is 1.59. The molecule has 8 heteroatoms. The molecule has 1 fully saturated rings. The van der Waals surface area contributed by atoms with E-state index in [-0.39, 0.29) is 24.1 Å². The summed E-state index contributed by atoms with van der Waals surface area (Å²) in [5.74, 6) is -0.450. The van der Waals surface area contributed by atoms with Crippen LogP contribution in [0.1, 0.15) is 76.3 Å². The Kier molecular flexibility index (Phi) is 10.0. The first-order valence-electron chi connectivity index (χ1n) is 12.8. The van der Waals surface area contributed by atoms with Crippen molar-refractivity contribution in [3.05, 3.63) is 35.0 Å². The number of hydrogen-bond donors (Lipinski definition) is 4. The fourth-order valence-corrected chi connectivity index (χ4v) is 5.07. The Hall–Kier alpha value is -2.09. The summed E-state index contributed by atoms with van der Waals surface area (Å²) >= 11 is 6.12. The van der Waals surface area contributed by atoms with Crippen molar-refractivity contribution >= 4 is 34.4 Å². The van der Waals surface area contributed by atoms with Crippen molar-refractivity contribution in [2.24, 2.45) is 17.8 Å². The third-order valence-corrected chi connectivity index (χ3v) is 7.19. The Labute approximate surface area is 212 Å². The molecule has 1 aliphatic rings. The summed E-state index contributed by atoms with van der Waals surface area (Å²) in [7, 11) is 0. The number of carbonyl (C=O) groups excluding carboxylic acids is 2. The Morgan fingerprint density at radius 3 is 2.51 bits per heavy atom. The van der Waals surface area contributed by atoms with Crippen LogP contribution in [0.25, 0.3) is 11.0 Å². The van der Waals surface area contributed by atoms with E-state index >= 15 is 0 Å². The van der Waals surface area contributed by atoms with E-state index in [1.54, 1.807) is 25.1 Å². The molecule has 0 unspecified atom stereocenters. The smallest absolute Gasteiger partial charge is 0.287 e. The zero-order valence-corrected chi connectivity index (χ0v) is 21.7. The van der Waals surface area contributed by atoms with E-state index < -0.39 is 30.1 Å².